The fourth-order valence-electron chi connectivity index (χ4n) is 2.10. The predicted octanol–water partition coefficient (Wildman–Crippen LogP) is 2.66. The smallest absolute Gasteiger partial charge is 0.342 e. The maximum absolute atomic E-state index is 12.2. The van der Waals surface area contributed by atoms with E-state index in [0.29, 0.717) is 24.5 Å². The van der Waals surface area contributed by atoms with Gasteiger partial charge in [0.2, 0.25) is 0 Å². The SMILES string of the molecule is COCCOc1ccc([C@@](C)(O)C(=O)OCc2ccccc2)cc1. The molecule has 0 aliphatic heterocycles. The molecule has 0 amide bonds. The summed E-state index contributed by atoms with van der Waals surface area (Å²) in [5.41, 5.74) is -0.414. The number of hydrogen-bond donors (Lipinski definition) is 1. The van der Waals surface area contributed by atoms with Crippen molar-refractivity contribution in [1.29, 1.82) is 0 Å². The second-order valence-electron chi connectivity index (χ2n) is 5.50. The summed E-state index contributed by atoms with van der Waals surface area (Å²) in [6.45, 7) is 2.46. The summed E-state index contributed by atoms with van der Waals surface area (Å²) in [5.74, 6) is -0.0522. The minimum atomic E-state index is -1.72. The summed E-state index contributed by atoms with van der Waals surface area (Å²) < 4.78 is 15.6. The van der Waals surface area contributed by atoms with Gasteiger partial charge in [-0.25, -0.2) is 4.79 Å². The highest BCUT2D eigenvalue weighted by Gasteiger charge is 2.34. The normalized spacial score (nSPS) is 13.1. The largest absolute Gasteiger partial charge is 0.491 e. The van der Waals surface area contributed by atoms with Crippen molar-refractivity contribution < 1.29 is 24.1 Å². The van der Waals surface area contributed by atoms with E-state index in [4.69, 9.17) is 14.2 Å². The van der Waals surface area contributed by atoms with E-state index in [1.54, 1.807) is 31.4 Å². The van der Waals surface area contributed by atoms with E-state index < -0.39 is 11.6 Å². The molecule has 0 saturated carbocycles. The number of carbonyl (C=O) groups excluding carboxylic acids is 1. The van der Waals surface area contributed by atoms with Crippen molar-refractivity contribution in [2.24, 2.45) is 0 Å². The van der Waals surface area contributed by atoms with Crippen LogP contribution in [0.15, 0.2) is 54.6 Å². The van der Waals surface area contributed by atoms with Crippen molar-refractivity contribution in [3.63, 3.8) is 0 Å². The zero-order valence-corrected chi connectivity index (χ0v) is 13.9. The molecule has 0 aliphatic carbocycles. The molecule has 128 valence electrons. The van der Waals surface area contributed by atoms with Crippen LogP contribution in [-0.2, 0) is 26.5 Å². The fourth-order valence-corrected chi connectivity index (χ4v) is 2.10. The Morgan fingerprint density at radius 2 is 1.71 bits per heavy atom. The van der Waals surface area contributed by atoms with E-state index in [-0.39, 0.29) is 6.61 Å². The van der Waals surface area contributed by atoms with Crippen LogP contribution in [0.1, 0.15) is 18.1 Å². The molecule has 0 unspecified atom stereocenters. The van der Waals surface area contributed by atoms with Crippen LogP contribution in [0.3, 0.4) is 0 Å². The van der Waals surface area contributed by atoms with E-state index >= 15 is 0 Å². The van der Waals surface area contributed by atoms with E-state index in [9.17, 15) is 9.90 Å². The van der Waals surface area contributed by atoms with E-state index in [2.05, 4.69) is 0 Å². The van der Waals surface area contributed by atoms with Gasteiger partial charge in [0.15, 0.2) is 5.60 Å². The van der Waals surface area contributed by atoms with Gasteiger partial charge in [0.05, 0.1) is 6.61 Å². The van der Waals surface area contributed by atoms with Crippen LogP contribution in [0.2, 0.25) is 0 Å². The number of carbonyl (C=O) groups is 1. The molecule has 5 heteroatoms. The van der Waals surface area contributed by atoms with Gasteiger partial charge in [0.1, 0.15) is 19.0 Å². The molecular weight excluding hydrogens is 308 g/mol. The van der Waals surface area contributed by atoms with Gasteiger partial charge >= 0.3 is 5.97 Å². The highest BCUT2D eigenvalue weighted by Crippen LogP contribution is 2.25. The number of esters is 1. The molecule has 0 bridgehead atoms. The van der Waals surface area contributed by atoms with Crippen molar-refractivity contribution in [3.05, 3.63) is 65.7 Å². The van der Waals surface area contributed by atoms with Crippen molar-refractivity contribution in [2.45, 2.75) is 19.1 Å². The molecule has 0 radical (unpaired) electrons. The minimum absolute atomic E-state index is 0.119. The van der Waals surface area contributed by atoms with Gasteiger partial charge < -0.3 is 19.3 Å². The lowest BCUT2D eigenvalue weighted by atomic mass is 9.96. The molecule has 2 rings (SSSR count). The Kier molecular flexibility index (Phi) is 6.35. The topological polar surface area (TPSA) is 65.0 Å². The zero-order chi connectivity index (χ0) is 17.4. The predicted molar refractivity (Wildman–Crippen MR) is 89.6 cm³/mol. The van der Waals surface area contributed by atoms with Gasteiger partial charge in [0, 0.05) is 7.11 Å². The van der Waals surface area contributed by atoms with Crippen LogP contribution in [0.4, 0.5) is 0 Å². The van der Waals surface area contributed by atoms with Crippen LogP contribution in [0, 0.1) is 0 Å². The monoisotopic (exact) mass is 330 g/mol. The summed E-state index contributed by atoms with van der Waals surface area (Å²) in [5, 5.41) is 10.5. The molecule has 0 heterocycles. The van der Waals surface area contributed by atoms with Crippen LogP contribution in [0.25, 0.3) is 0 Å². The Labute approximate surface area is 141 Å². The first-order valence-electron chi connectivity index (χ1n) is 7.70. The number of ether oxygens (including phenoxy) is 3. The summed E-state index contributed by atoms with van der Waals surface area (Å²) in [4.78, 5) is 12.2. The highest BCUT2D eigenvalue weighted by molar-refractivity contribution is 5.80. The Bertz CT molecular complexity index is 635. The summed E-state index contributed by atoms with van der Waals surface area (Å²) >= 11 is 0. The van der Waals surface area contributed by atoms with Gasteiger partial charge in [0.25, 0.3) is 0 Å². The van der Waals surface area contributed by atoms with E-state index in [1.807, 2.05) is 30.3 Å². The fraction of sp³-hybridized carbons (Fsp3) is 0.316. The summed E-state index contributed by atoms with van der Waals surface area (Å²) in [6.07, 6.45) is 0. The van der Waals surface area contributed by atoms with Crippen molar-refractivity contribution in [3.8, 4) is 5.75 Å². The first kappa shape index (κ1) is 18.0. The van der Waals surface area contributed by atoms with Gasteiger partial charge in [-0.15, -0.1) is 0 Å². The zero-order valence-electron chi connectivity index (χ0n) is 13.9. The average molecular weight is 330 g/mol. The van der Waals surface area contributed by atoms with E-state index in [1.165, 1.54) is 6.92 Å². The number of benzene rings is 2. The molecule has 0 aliphatic rings. The molecule has 0 aromatic heterocycles. The average Bonchev–Trinajstić information content (AvgIpc) is 2.61. The first-order chi connectivity index (χ1) is 11.5. The van der Waals surface area contributed by atoms with Crippen LogP contribution >= 0.6 is 0 Å². The van der Waals surface area contributed by atoms with Crippen LogP contribution in [-0.4, -0.2) is 31.4 Å². The van der Waals surface area contributed by atoms with E-state index in [0.717, 1.165) is 5.56 Å². The Morgan fingerprint density at radius 3 is 2.33 bits per heavy atom. The second-order valence-corrected chi connectivity index (χ2v) is 5.50. The Hall–Kier alpha value is -2.37. The van der Waals surface area contributed by atoms with Crippen molar-refractivity contribution >= 4 is 5.97 Å². The maximum Gasteiger partial charge on any atom is 0.342 e. The summed E-state index contributed by atoms with van der Waals surface area (Å²) in [6, 6.07) is 16.0. The Morgan fingerprint density at radius 1 is 1.04 bits per heavy atom. The molecule has 0 fully saturated rings. The number of methoxy groups -OCH3 is 1. The van der Waals surface area contributed by atoms with Gasteiger partial charge in [-0.3, -0.25) is 0 Å². The number of aliphatic hydroxyl groups is 1. The van der Waals surface area contributed by atoms with Gasteiger partial charge in [-0.1, -0.05) is 42.5 Å². The van der Waals surface area contributed by atoms with Crippen LogP contribution < -0.4 is 4.74 Å². The molecule has 24 heavy (non-hydrogen) atoms. The first-order valence-corrected chi connectivity index (χ1v) is 7.70. The molecule has 2 aromatic rings. The third kappa shape index (κ3) is 4.81. The standard InChI is InChI=1S/C19H22O5/c1-19(21,18(20)24-14-15-6-4-3-5-7-15)16-8-10-17(11-9-16)23-13-12-22-2/h3-11,21H,12-14H2,1-2H3/t19-/m1/s1. The van der Waals surface area contributed by atoms with Crippen molar-refractivity contribution in [1.82, 2.24) is 0 Å². The third-order valence-corrected chi connectivity index (χ3v) is 3.58. The maximum atomic E-state index is 12.2. The molecule has 2 aromatic carbocycles. The third-order valence-electron chi connectivity index (χ3n) is 3.58. The number of hydrogen-bond acceptors (Lipinski definition) is 5. The molecule has 0 saturated heterocycles. The quantitative estimate of drug-likeness (QED) is 0.595. The highest BCUT2D eigenvalue weighted by atomic mass is 16.5. The molecular formula is C19H22O5. The lowest BCUT2D eigenvalue weighted by Gasteiger charge is -2.22. The minimum Gasteiger partial charge on any atom is -0.491 e. The second kappa shape index (κ2) is 8.47. The van der Waals surface area contributed by atoms with Gasteiger partial charge in [-0.05, 0) is 30.2 Å². The Balaban J connectivity index is 1.96. The van der Waals surface area contributed by atoms with Crippen molar-refractivity contribution in [2.75, 3.05) is 20.3 Å². The molecule has 1 N–H and O–H groups in total. The number of rotatable bonds is 8. The molecule has 0 spiro atoms. The summed E-state index contributed by atoms with van der Waals surface area (Å²) in [7, 11) is 1.60. The lowest BCUT2D eigenvalue weighted by molar-refractivity contribution is -0.166. The molecule has 1 atom stereocenters. The van der Waals surface area contributed by atoms with Gasteiger partial charge in [-0.2, -0.15) is 0 Å². The lowest BCUT2D eigenvalue weighted by Crippen LogP contribution is -2.34. The van der Waals surface area contributed by atoms with Crippen LogP contribution in [0.5, 0.6) is 5.75 Å². The molecule has 5 nitrogen and oxygen atoms in total.